The molecule has 17 heavy (non-hydrogen) atoms. The summed E-state index contributed by atoms with van der Waals surface area (Å²) in [5, 5.41) is 8.56. The first kappa shape index (κ1) is 13.7. The molecule has 1 rings (SSSR count). The number of likely N-dealkylation sites (N-methyl/N-ethyl adjacent to an activating group) is 1. The number of amides is 1. The minimum absolute atomic E-state index is 0.0290. The maximum absolute atomic E-state index is 11.8. The maximum Gasteiger partial charge on any atom is 0.248 e. The van der Waals surface area contributed by atoms with Crippen LogP contribution in [0.4, 0.5) is 0 Å². The first-order valence-electron chi connectivity index (χ1n) is 5.78. The monoisotopic (exact) mass is 237 g/mol. The van der Waals surface area contributed by atoms with Gasteiger partial charge in [0.1, 0.15) is 6.61 Å². The van der Waals surface area contributed by atoms with Crippen LogP contribution < -0.4 is 0 Å². The summed E-state index contributed by atoms with van der Waals surface area (Å²) in [4.78, 5) is 13.5. The van der Waals surface area contributed by atoms with Crippen molar-refractivity contribution in [2.75, 3.05) is 26.4 Å². The highest BCUT2D eigenvalue weighted by atomic mass is 16.5. The molecule has 0 bridgehead atoms. The van der Waals surface area contributed by atoms with Crippen LogP contribution in [-0.4, -0.2) is 42.3 Å². The fraction of sp³-hybridized carbons (Fsp3) is 0.462. The van der Waals surface area contributed by atoms with E-state index in [0.717, 1.165) is 5.56 Å². The van der Waals surface area contributed by atoms with Crippen LogP contribution in [0.3, 0.4) is 0 Å². The zero-order valence-corrected chi connectivity index (χ0v) is 10.1. The predicted molar refractivity (Wildman–Crippen MR) is 65.4 cm³/mol. The number of nitrogens with zero attached hydrogens (tertiary/aromatic N) is 1. The summed E-state index contributed by atoms with van der Waals surface area (Å²) in [5.74, 6) is -0.0511. The highest BCUT2D eigenvalue weighted by Crippen LogP contribution is 2.04. The molecule has 0 radical (unpaired) electrons. The molecule has 4 nitrogen and oxygen atoms in total. The van der Waals surface area contributed by atoms with Gasteiger partial charge in [0.25, 0.3) is 0 Å². The van der Waals surface area contributed by atoms with Gasteiger partial charge in [-0.05, 0) is 12.5 Å². The van der Waals surface area contributed by atoms with E-state index in [0.29, 0.717) is 13.1 Å². The summed E-state index contributed by atoms with van der Waals surface area (Å²) in [6.07, 6.45) is 0. The molecular formula is C13H19NO3. The van der Waals surface area contributed by atoms with Crippen molar-refractivity contribution in [3.63, 3.8) is 0 Å². The number of carbonyl (C=O) groups is 1. The molecule has 0 spiro atoms. The Labute approximate surface area is 102 Å². The number of hydrogen-bond donors (Lipinski definition) is 1. The van der Waals surface area contributed by atoms with Crippen LogP contribution in [0.25, 0.3) is 0 Å². The Balaban J connectivity index is 2.45. The lowest BCUT2D eigenvalue weighted by atomic mass is 10.2. The van der Waals surface area contributed by atoms with Crippen molar-refractivity contribution in [2.24, 2.45) is 0 Å². The standard InChI is InChI=1S/C13H19NO3/c1-2-14(13(16)11-17-9-8-15)10-12-6-4-3-5-7-12/h3-7,15H,2,8-11H2,1H3. The van der Waals surface area contributed by atoms with E-state index in [-0.39, 0.29) is 25.7 Å². The van der Waals surface area contributed by atoms with Gasteiger partial charge in [0.2, 0.25) is 5.91 Å². The zero-order chi connectivity index (χ0) is 12.5. The minimum Gasteiger partial charge on any atom is -0.394 e. The molecule has 1 N–H and O–H groups in total. The van der Waals surface area contributed by atoms with Gasteiger partial charge in [-0.3, -0.25) is 4.79 Å². The number of aliphatic hydroxyl groups is 1. The number of rotatable bonds is 7. The van der Waals surface area contributed by atoms with E-state index in [2.05, 4.69) is 0 Å². The quantitative estimate of drug-likeness (QED) is 0.721. The van der Waals surface area contributed by atoms with Crippen LogP contribution in [-0.2, 0) is 16.1 Å². The van der Waals surface area contributed by atoms with Gasteiger partial charge < -0.3 is 14.7 Å². The van der Waals surface area contributed by atoms with E-state index in [4.69, 9.17) is 9.84 Å². The van der Waals surface area contributed by atoms with Crippen LogP contribution in [0.2, 0.25) is 0 Å². The largest absolute Gasteiger partial charge is 0.394 e. The second-order valence-corrected chi connectivity index (χ2v) is 3.67. The Bertz CT molecular complexity index is 327. The van der Waals surface area contributed by atoms with Crippen molar-refractivity contribution in [3.8, 4) is 0 Å². The van der Waals surface area contributed by atoms with E-state index in [1.807, 2.05) is 37.3 Å². The molecule has 4 heteroatoms. The molecule has 0 heterocycles. The average Bonchev–Trinajstić information content (AvgIpc) is 2.37. The van der Waals surface area contributed by atoms with Gasteiger partial charge in [-0.2, -0.15) is 0 Å². The number of hydrogen-bond acceptors (Lipinski definition) is 3. The smallest absolute Gasteiger partial charge is 0.248 e. The van der Waals surface area contributed by atoms with Gasteiger partial charge in [-0.15, -0.1) is 0 Å². The number of carbonyl (C=O) groups excluding carboxylic acids is 1. The topological polar surface area (TPSA) is 49.8 Å². The fourth-order valence-electron chi connectivity index (χ4n) is 1.50. The molecule has 0 atom stereocenters. The Morgan fingerprint density at radius 1 is 1.35 bits per heavy atom. The van der Waals surface area contributed by atoms with Crippen molar-refractivity contribution in [1.82, 2.24) is 4.90 Å². The SMILES string of the molecule is CCN(Cc1ccccc1)C(=O)COCCO. The molecule has 94 valence electrons. The Kier molecular flexibility index (Phi) is 6.29. The molecule has 0 unspecified atom stereocenters. The van der Waals surface area contributed by atoms with Gasteiger partial charge in [0.15, 0.2) is 0 Å². The molecule has 0 aliphatic heterocycles. The second kappa shape index (κ2) is 7.81. The number of ether oxygens (including phenoxy) is 1. The zero-order valence-electron chi connectivity index (χ0n) is 10.1. The van der Waals surface area contributed by atoms with Crippen molar-refractivity contribution < 1.29 is 14.6 Å². The van der Waals surface area contributed by atoms with Crippen LogP contribution >= 0.6 is 0 Å². The second-order valence-electron chi connectivity index (χ2n) is 3.67. The van der Waals surface area contributed by atoms with Crippen molar-refractivity contribution >= 4 is 5.91 Å². The molecule has 1 aromatic rings. The lowest BCUT2D eigenvalue weighted by molar-refractivity contribution is -0.136. The molecule has 0 aliphatic carbocycles. The molecule has 0 fully saturated rings. The Morgan fingerprint density at radius 3 is 2.65 bits per heavy atom. The van der Waals surface area contributed by atoms with Crippen LogP contribution in [0.15, 0.2) is 30.3 Å². The summed E-state index contributed by atoms with van der Waals surface area (Å²) < 4.78 is 5.02. The molecule has 1 amide bonds. The molecule has 0 saturated heterocycles. The van der Waals surface area contributed by atoms with E-state index < -0.39 is 0 Å². The summed E-state index contributed by atoms with van der Waals surface area (Å²) in [7, 11) is 0. The lowest BCUT2D eigenvalue weighted by Crippen LogP contribution is -2.33. The Morgan fingerprint density at radius 2 is 2.06 bits per heavy atom. The van der Waals surface area contributed by atoms with Crippen molar-refractivity contribution in [3.05, 3.63) is 35.9 Å². The van der Waals surface area contributed by atoms with Crippen LogP contribution in [0.1, 0.15) is 12.5 Å². The van der Waals surface area contributed by atoms with Crippen molar-refractivity contribution in [2.45, 2.75) is 13.5 Å². The lowest BCUT2D eigenvalue weighted by Gasteiger charge is -2.20. The molecule has 0 saturated carbocycles. The predicted octanol–water partition coefficient (Wildman–Crippen LogP) is 1.04. The summed E-state index contributed by atoms with van der Waals surface area (Å²) in [6, 6.07) is 9.84. The third-order valence-corrected chi connectivity index (χ3v) is 2.41. The van der Waals surface area contributed by atoms with E-state index >= 15 is 0 Å². The highest BCUT2D eigenvalue weighted by molar-refractivity contribution is 5.77. The minimum atomic E-state index is -0.0575. The van der Waals surface area contributed by atoms with Gasteiger partial charge in [-0.25, -0.2) is 0 Å². The van der Waals surface area contributed by atoms with Gasteiger partial charge in [-0.1, -0.05) is 30.3 Å². The number of aliphatic hydroxyl groups excluding tert-OH is 1. The third-order valence-electron chi connectivity index (χ3n) is 2.41. The molecule has 0 aliphatic rings. The molecular weight excluding hydrogens is 218 g/mol. The summed E-state index contributed by atoms with van der Waals surface area (Å²) in [5.41, 5.74) is 1.10. The van der Waals surface area contributed by atoms with Crippen molar-refractivity contribution in [1.29, 1.82) is 0 Å². The summed E-state index contributed by atoms with van der Waals surface area (Å²) >= 11 is 0. The first-order chi connectivity index (χ1) is 8.27. The highest BCUT2D eigenvalue weighted by Gasteiger charge is 2.11. The van der Waals surface area contributed by atoms with Crippen LogP contribution in [0, 0.1) is 0 Å². The first-order valence-corrected chi connectivity index (χ1v) is 5.78. The van der Waals surface area contributed by atoms with Gasteiger partial charge in [0, 0.05) is 13.1 Å². The van der Waals surface area contributed by atoms with Crippen LogP contribution in [0.5, 0.6) is 0 Å². The van der Waals surface area contributed by atoms with Gasteiger partial charge in [0.05, 0.1) is 13.2 Å². The number of benzene rings is 1. The normalized spacial score (nSPS) is 10.2. The fourth-order valence-corrected chi connectivity index (χ4v) is 1.50. The van der Waals surface area contributed by atoms with E-state index in [1.54, 1.807) is 4.90 Å². The molecule has 1 aromatic carbocycles. The molecule has 0 aromatic heterocycles. The van der Waals surface area contributed by atoms with Gasteiger partial charge >= 0.3 is 0 Å². The third kappa shape index (κ3) is 4.97. The summed E-state index contributed by atoms with van der Waals surface area (Å²) in [6.45, 7) is 3.36. The van der Waals surface area contributed by atoms with E-state index in [1.165, 1.54) is 0 Å². The average molecular weight is 237 g/mol. The Hall–Kier alpha value is -1.39. The maximum atomic E-state index is 11.8. The van der Waals surface area contributed by atoms with E-state index in [9.17, 15) is 4.79 Å².